The molecule has 2 unspecified atom stereocenters. The molecule has 8 nitrogen and oxygen atoms in total. The molecule has 1 fully saturated rings. The Morgan fingerprint density at radius 1 is 1.28 bits per heavy atom. The summed E-state index contributed by atoms with van der Waals surface area (Å²) in [5.74, 6) is -0.443. The van der Waals surface area contributed by atoms with Crippen LogP contribution in [0.25, 0.3) is 22.2 Å². The number of likely N-dealkylation sites (N-methyl/N-ethyl adjacent to an activating group) is 1. The van der Waals surface area contributed by atoms with Gasteiger partial charge in [0.05, 0.1) is 17.8 Å². The van der Waals surface area contributed by atoms with Gasteiger partial charge in [-0.3, -0.25) is 19.6 Å². The van der Waals surface area contributed by atoms with Gasteiger partial charge >= 0.3 is 0 Å². The van der Waals surface area contributed by atoms with E-state index in [2.05, 4.69) is 33.5 Å². The predicted molar refractivity (Wildman–Crippen MR) is 154 cm³/mol. The molecule has 0 bridgehead atoms. The van der Waals surface area contributed by atoms with Crippen molar-refractivity contribution in [1.29, 1.82) is 0 Å². The van der Waals surface area contributed by atoms with Crippen LogP contribution in [0.15, 0.2) is 67.3 Å². The second kappa shape index (κ2) is 12.4. The zero-order valence-corrected chi connectivity index (χ0v) is 22.8. The average Bonchev–Trinajstić information content (AvgIpc) is 3.55. The standard InChI is InChI=1S/C30H37FN6O2/c1-5-7-8-21(3)37(16-6-2)27(38)19-36-17-15-30(20-36,32-4)29(39)33-24-13-14-26-25(18-24)28(35-34-26)22-9-11-23(31)12-10-22/h5-7,9-14,18,21,32H,2,8,15-17,19-20H2,1,3-4H3,(H,33,39)(H,34,35)/b7-5-. The molecular formula is C30H37FN6O2. The number of nitrogens with one attached hydrogen (secondary N) is 3. The molecule has 1 aliphatic rings. The molecule has 2 atom stereocenters. The Labute approximate surface area is 228 Å². The highest BCUT2D eigenvalue weighted by molar-refractivity contribution is 6.02. The van der Waals surface area contributed by atoms with Gasteiger partial charge in [-0.15, -0.1) is 6.58 Å². The summed E-state index contributed by atoms with van der Waals surface area (Å²) in [6, 6.07) is 11.8. The molecule has 2 heterocycles. The van der Waals surface area contributed by atoms with E-state index in [9.17, 15) is 14.0 Å². The number of allylic oxidation sites excluding steroid dienone is 1. The minimum atomic E-state index is -0.828. The first kappa shape index (κ1) is 28.2. The number of carbonyl (C=O) groups is 2. The van der Waals surface area contributed by atoms with Crippen molar-refractivity contribution in [3.8, 4) is 11.3 Å². The Morgan fingerprint density at radius 2 is 2.05 bits per heavy atom. The molecule has 2 amide bonds. The van der Waals surface area contributed by atoms with Crippen LogP contribution in [0.5, 0.6) is 0 Å². The van der Waals surface area contributed by atoms with Crippen molar-refractivity contribution in [3.63, 3.8) is 0 Å². The summed E-state index contributed by atoms with van der Waals surface area (Å²) >= 11 is 0. The number of carbonyl (C=O) groups excluding carboxylic acids is 2. The van der Waals surface area contributed by atoms with Gasteiger partial charge in [-0.05, 0) is 76.2 Å². The molecule has 3 N–H and O–H groups in total. The number of hydrogen-bond donors (Lipinski definition) is 3. The summed E-state index contributed by atoms with van der Waals surface area (Å²) in [6.45, 7) is 9.59. The number of anilines is 1. The van der Waals surface area contributed by atoms with Crippen LogP contribution in [0.3, 0.4) is 0 Å². The van der Waals surface area contributed by atoms with E-state index in [1.807, 2.05) is 47.9 Å². The topological polar surface area (TPSA) is 93.4 Å². The van der Waals surface area contributed by atoms with Crippen molar-refractivity contribution in [2.24, 2.45) is 0 Å². The van der Waals surface area contributed by atoms with Crippen molar-refractivity contribution in [2.45, 2.75) is 38.3 Å². The lowest BCUT2D eigenvalue weighted by Gasteiger charge is -2.31. The zero-order chi connectivity index (χ0) is 28.0. The maximum atomic E-state index is 13.5. The van der Waals surface area contributed by atoms with Gasteiger partial charge < -0.3 is 15.5 Å². The molecule has 0 aliphatic carbocycles. The van der Waals surface area contributed by atoms with E-state index in [1.54, 1.807) is 25.3 Å². The molecule has 4 rings (SSSR count). The van der Waals surface area contributed by atoms with Crippen molar-refractivity contribution < 1.29 is 14.0 Å². The Kier molecular flexibility index (Phi) is 8.93. The second-order valence-corrected chi connectivity index (χ2v) is 10.1. The molecule has 0 spiro atoms. The highest BCUT2D eigenvalue weighted by Gasteiger charge is 2.44. The van der Waals surface area contributed by atoms with Gasteiger partial charge in [-0.1, -0.05) is 18.2 Å². The number of rotatable bonds is 11. The SMILES string of the molecule is C=CCN(C(=O)CN1CCC(NC)(C(=O)Nc2ccc3[nH]nc(-c4ccc(F)cc4)c3c2)C1)C(C)C/C=C\C. The molecule has 1 saturated heterocycles. The maximum absolute atomic E-state index is 13.5. The number of aromatic amines is 1. The summed E-state index contributed by atoms with van der Waals surface area (Å²) in [5.41, 5.74) is 2.08. The Balaban J connectivity index is 1.46. The lowest BCUT2D eigenvalue weighted by atomic mass is 9.97. The normalized spacial score (nSPS) is 18.5. The quantitative estimate of drug-likeness (QED) is 0.320. The number of halogens is 1. The lowest BCUT2D eigenvalue weighted by Crippen LogP contribution is -2.55. The van der Waals surface area contributed by atoms with Crippen LogP contribution in [-0.4, -0.2) is 76.6 Å². The van der Waals surface area contributed by atoms with E-state index in [-0.39, 0.29) is 30.2 Å². The van der Waals surface area contributed by atoms with Gasteiger partial charge in [0, 0.05) is 42.3 Å². The first-order chi connectivity index (χ1) is 18.8. The summed E-state index contributed by atoms with van der Waals surface area (Å²) < 4.78 is 13.4. The third-order valence-electron chi connectivity index (χ3n) is 7.45. The van der Waals surface area contributed by atoms with Crippen LogP contribution < -0.4 is 10.6 Å². The maximum Gasteiger partial charge on any atom is 0.246 e. The van der Waals surface area contributed by atoms with Crippen LogP contribution in [0, 0.1) is 5.82 Å². The number of amides is 2. The van der Waals surface area contributed by atoms with E-state index in [1.165, 1.54) is 12.1 Å². The number of fused-ring (bicyclic) bond motifs is 1. The molecule has 3 aromatic rings. The van der Waals surface area contributed by atoms with Crippen LogP contribution in [-0.2, 0) is 9.59 Å². The van der Waals surface area contributed by atoms with Crippen LogP contribution in [0.2, 0.25) is 0 Å². The van der Waals surface area contributed by atoms with E-state index >= 15 is 0 Å². The predicted octanol–water partition coefficient (Wildman–Crippen LogP) is 4.34. The Bertz CT molecular complexity index is 1350. The summed E-state index contributed by atoms with van der Waals surface area (Å²) in [5, 5.41) is 14.5. The number of likely N-dealkylation sites (tertiary alicyclic amines) is 1. The minimum absolute atomic E-state index is 0.0259. The summed E-state index contributed by atoms with van der Waals surface area (Å²) in [4.78, 5) is 30.6. The third-order valence-corrected chi connectivity index (χ3v) is 7.45. The zero-order valence-electron chi connectivity index (χ0n) is 22.8. The number of hydrogen-bond acceptors (Lipinski definition) is 5. The molecular weight excluding hydrogens is 495 g/mol. The highest BCUT2D eigenvalue weighted by atomic mass is 19.1. The van der Waals surface area contributed by atoms with E-state index in [0.29, 0.717) is 37.4 Å². The molecule has 9 heteroatoms. The summed E-state index contributed by atoms with van der Waals surface area (Å²) in [7, 11) is 1.78. The molecule has 1 aromatic heterocycles. The van der Waals surface area contributed by atoms with Gasteiger partial charge in [-0.25, -0.2) is 4.39 Å². The smallest absolute Gasteiger partial charge is 0.246 e. The molecule has 1 aliphatic heterocycles. The fraction of sp³-hybridized carbons (Fsp3) is 0.367. The Morgan fingerprint density at radius 3 is 2.74 bits per heavy atom. The van der Waals surface area contributed by atoms with E-state index in [4.69, 9.17) is 0 Å². The van der Waals surface area contributed by atoms with Crippen molar-refractivity contribution in [3.05, 3.63) is 73.1 Å². The van der Waals surface area contributed by atoms with Gasteiger partial charge in [-0.2, -0.15) is 5.10 Å². The summed E-state index contributed by atoms with van der Waals surface area (Å²) in [6.07, 6.45) is 7.15. The lowest BCUT2D eigenvalue weighted by molar-refractivity contribution is -0.134. The number of nitrogens with zero attached hydrogens (tertiary/aromatic N) is 3. The van der Waals surface area contributed by atoms with Crippen LogP contribution >= 0.6 is 0 Å². The fourth-order valence-corrected chi connectivity index (χ4v) is 5.11. The second-order valence-electron chi connectivity index (χ2n) is 10.1. The fourth-order valence-electron chi connectivity index (χ4n) is 5.11. The molecule has 0 radical (unpaired) electrons. The average molecular weight is 533 g/mol. The minimum Gasteiger partial charge on any atom is -0.335 e. The molecule has 206 valence electrons. The van der Waals surface area contributed by atoms with Crippen molar-refractivity contribution >= 4 is 28.4 Å². The van der Waals surface area contributed by atoms with Gasteiger partial charge in [0.1, 0.15) is 11.4 Å². The van der Waals surface area contributed by atoms with Gasteiger partial charge in [0.25, 0.3) is 0 Å². The third kappa shape index (κ3) is 6.26. The molecule has 0 saturated carbocycles. The van der Waals surface area contributed by atoms with Crippen LogP contribution in [0.4, 0.5) is 10.1 Å². The first-order valence-corrected chi connectivity index (χ1v) is 13.3. The van der Waals surface area contributed by atoms with E-state index in [0.717, 1.165) is 22.9 Å². The number of H-pyrrole nitrogens is 1. The van der Waals surface area contributed by atoms with Gasteiger partial charge in [0.2, 0.25) is 11.8 Å². The highest BCUT2D eigenvalue weighted by Crippen LogP contribution is 2.30. The first-order valence-electron chi connectivity index (χ1n) is 13.3. The van der Waals surface area contributed by atoms with Crippen LogP contribution in [0.1, 0.15) is 26.7 Å². The van der Waals surface area contributed by atoms with Crippen molar-refractivity contribution in [2.75, 3.05) is 38.5 Å². The number of aromatic nitrogens is 2. The number of benzene rings is 2. The van der Waals surface area contributed by atoms with Gasteiger partial charge in [0.15, 0.2) is 0 Å². The monoisotopic (exact) mass is 532 g/mol. The van der Waals surface area contributed by atoms with E-state index < -0.39 is 5.54 Å². The Hall–Kier alpha value is -3.82. The van der Waals surface area contributed by atoms with Crippen molar-refractivity contribution in [1.82, 2.24) is 25.3 Å². The largest absolute Gasteiger partial charge is 0.335 e. The molecule has 39 heavy (non-hydrogen) atoms. The molecule has 2 aromatic carbocycles.